The van der Waals surface area contributed by atoms with Crippen molar-refractivity contribution in [1.82, 2.24) is 15.4 Å². The minimum atomic E-state index is -1.50. The molecule has 10 heteroatoms. The lowest BCUT2D eigenvalue weighted by atomic mass is 9.86. The number of aliphatic hydroxyl groups excluding tert-OH is 1. The summed E-state index contributed by atoms with van der Waals surface area (Å²) in [5, 5.41) is 26.5. The third-order valence-corrected chi connectivity index (χ3v) is 4.45. The minimum absolute atomic E-state index is 0.119. The Bertz CT molecular complexity index is 642. The number of amides is 4. The van der Waals surface area contributed by atoms with Crippen LogP contribution >= 0.6 is 11.3 Å². The second-order valence-electron chi connectivity index (χ2n) is 7.71. The zero-order valence-corrected chi connectivity index (χ0v) is 17.0. The van der Waals surface area contributed by atoms with Gasteiger partial charge in [-0.1, -0.05) is 34.6 Å². The molecule has 152 valence electrons. The molecule has 1 rings (SSSR count). The van der Waals surface area contributed by atoms with Crippen LogP contribution in [0.3, 0.4) is 0 Å². The first-order valence-electron chi connectivity index (χ1n) is 8.65. The Kier molecular flexibility index (Phi) is 8.32. The number of imide groups is 1. The van der Waals surface area contributed by atoms with Crippen molar-refractivity contribution >= 4 is 34.3 Å². The highest BCUT2D eigenvalue weighted by molar-refractivity contribution is 7.13. The van der Waals surface area contributed by atoms with E-state index in [4.69, 9.17) is 0 Å². The van der Waals surface area contributed by atoms with Gasteiger partial charge in [-0.25, -0.2) is 9.78 Å². The van der Waals surface area contributed by atoms with Crippen molar-refractivity contribution < 1.29 is 24.7 Å². The molecular formula is C17H28N4O5S. The molecule has 0 aromatic carbocycles. The maximum absolute atomic E-state index is 12.5. The van der Waals surface area contributed by atoms with Crippen molar-refractivity contribution in [2.24, 2.45) is 11.3 Å². The van der Waals surface area contributed by atoms with E-state index in [1.165, 1.54) is 17.5 Å². The molecule has 1 unspecified atom stereocenters. The molecule has 1 aromatic rings. The molecule has 2 atom stereocenters. The number of hydrogen-bond acceptors (Lipinski definition) is 7. The van der Waals surface area contributed by atoms with Crippen LogP contribution in [0.2, 0.25) is 0 Å². The molecule has 1 heterocycles. The van der Waals surface area contributed by atoms with Gasteiger partial charge in [0, 0.05) is 11.6 Å². The Morgan fingerprint density at radius 1 is 1.26 bits per heavy atom. The maximum atomic E-state index is 12.5. The third-order valence-electron chi connectivity index (χ3n) is 3.76. The first-order valence-corrected chi connectivity index (χ1v) is 9.53. The highest BCUT2D eigenvalue weighted by atomic mass is 32.1. The van der Waals surface area contributed by atoms with E-state index in [-0.39, 0.29) is 17.4 Å². The lowest BCUT2D eigenvalue weighted by molar-refractivity contribution is -0.163. The Hall–Kier alpha value is -2.04. The SMILES string of the molecule is CC(C)CC[C@H](O)C(=O)N(O)C(=O)NC(C(=O)Nc1nccs1)C(C)(C)C. The summed E-state index contributed by atoms with van der Waals surface area (Å²) >= 11 is 1.22. The number of hydrogen-bond donors (Lipinski definition) is 4. The fourth-order valence-electron chi connectivity index (χ4n) is 2.18. The zero-order chi connectivity index (χ0) is 20.8. The van der Waals surface area contributed by atoms with Crippen molar-refractivity contribution in [3.63, 3.8) is 0 Å². The van der Waals surface area contributed by atoms with Gasteiger partial charge in [-0.3, -0.25) is 14.8 Å². The van der Waals surface area contributed by atoms with Crippen molar-refractivity contribution in [2.75, 3.05) is 5.32 Å². The van der Waals surface area contributed by atoms with E-state index in [0.29, 0.717) is 11.6 Å². The van der Waals surface area contributed by atoms with Crippen LogP contribution in [0.5, 0.6) is 0 Å². The molecule has 1 aromatic heterocycles. The van der Waals surface area contributed by atoms with Crippen molar-refractivity contribution in [2.45, 2.75) is 59.6 Å². The number of nitrogens with zero attached hydrogens (tertiary/aromatic N) is 2. The maximum Gasteiger partial charge on any atom is 0.349 e. The molecule has 0 radical (unpaired) electrons. The predicted octanol–water partition coefficient (Wildman–Crippen LogP) is 2.22. The third kappa shape index (κ3) is 7.24. The van der Waals surface area contributed by atoms with E-state index in [0.717, 1.165) is 0 Å². The van der Waals surface area contributed by atoms with Gasteiger partial charge >= 0.3 is 6.03 Å². The summed E-state index contributed by atoms with van der Waals surface area (Å²) in [5.74, 6) is -1.42. The number of thiazole rings is 1. The van der Waals surface area contributed by atoms with Crippen LogP contribution in [0.25, 0.3) is 0 Å². The minimum Gasteiger partial charge on any atom is -0.383 e. The molecule has 9 nitrogen and oxygen atoms in total. The number of anilines is 1. The average molecular weight is 401 g/mol. The normalized spacial score (nSPS) is 13.8. The fraction of sp³-hybridized carbons (Fsp3) is 0.647. The summed E-state index contributed by atoms with van der Waals surface area (Å²) in [6.07, 6.45) is 0.704. The second-order valence-corrected chi connectivity index (χ2v) is 8.61. The quantitative estimate of drug-likeness (QED) is 0.410. The number of nitrogens with one attached hydrogen (secondary N) is 2. The number of rotatable bonds is 7. The van der Waals surface area contributed by atoms with Crippen LogP contribution in [0.4, 0.5) is 9.93 Å². The van der Waals surface area contributed by atoms with Gasteiger partial charge in [0.15, 0.2) is 5.13 Å². The van der Waals surface area contributed by atoms with Crippen molar-refractivity contribution in [1.29, 1.82) is 0 Å². The van der Waals surface area contributed by atoms with Crippen molar-refractivity contribution in [3.8, 4) is 0 Å². The van der Waals surface area contributed by atoms with E-state index < -0.39 is 35.4 Å². The van der Waals surface area contributed by atoms with Crippen LogP contribution in [0, 0.1) is 11.3 Å². The molecule has 27 heavy (non-hydrogen) atoms. The van der Waals surface area contributed by atoms with Gasteiger partial charge in [0.05, 0.1) is 0 Å². The molecule has 0 fully saturated rings. The van der Waals surface area contributed by atoms with E-state index in [2.05, 4.69) is 15.6 Å². The number of carbonyl (C=O) groups is 3. The van der Waals surface area contributed by atoms with Gasteiger partial charge in [-0.05, 0) is 24.2 Å². The second kappa shape index (κ2) is 9.77. The Morgan fingerprint density at radius 3 is 2.37 bits per heavy atom. The molecule has 0 aliphatic carbocycles. The standard InChI is InChI=1S/C17H28N4O5S/c1-10(2)6-7-11(22)14(24)21(26)16(25)19-12(17(3,4)5)13(23)20-15-18-8-9-27-15/h8-12,22,26H,6-7H2,1-5H3,(H,19,25)(H,18,20,23)/t11-,12?/m0/s1. The smallest absolute Gasteiger partial charge is 0.349 e. The van der Waals surface area contributed by atoms with Crippen LogP contribution in [0.1, 0.15) is 47.5 Å². The average Bonchev–Trinajstić information content (AvgIpc) is 3.07. The van der Waals surface area contributed by atoms with Crippen LogP contribution in [-0.4, -0.2) is 50.4 Å². The number of carbonyl (C=O) groups excluding carboxylic acids is 3. The Morgan fingerprint density at radius 2 is 1.89 bits per heavy atom. The summed E-state index contributed by atoms with van der Waals surface area (Å²) in [5.41, 5.74) is -0.711. The van der Waals surface area contributed by atoms with Crippen LogP contribution in [0.15, 0.2) is 11.6 Å². The van der Waals surface area contributed by atoms with E-state index in [9.17, 15) is 24.7 Å². The van der Waals surface area contributed by atoms with Crippen LogP contribution < -0.4 is 10.6 Å². The van der Waals surface area contributed by atoms with Crippen LogP contribution in [-0.2, 0) is 9.59 Å². The molecule has 4 amide bonds. The van der Waals surface area contributed by atoms with Gasteiger partial charge in [-0.2, -0.15) is 0 Å². The largest absolute Gasteiger partial charge is 0.383 e. The Balaban J connectivity index is 2.77. The van der Waals surface area contributed by atoms with E-state index in [1.807, 2.05) is 13.8 Å². The van der Waals surface area contributed by atoms with Gasteiger partial charge < -0.3 is 15.7 Å². The molecule has 0 aliphatic rings. The summed E-state index contributed by atoms with van der Waals surface area (Å²) in [7, 11) is 0. The summed E-state index contributed by atoms with van der Waals surface area (Å²) in [6, 6.07) is -2.23. The van der Waals surface area contributed by atoms with Crippen molar-refractivity contribution in [3.05, 3.63) is 11.6 Å². The first-order chi connectivity index (χ1) is 12.4. The molecule has 0 saturated heterocycles. The zero-order valence-electron chi connectivity index (χ0n) is 16.2. The fourth-order valence-corrected chi connectivity index (χ4v) is 2.71. The topological polar surface area (TPSA) is 132 Å². The summed E-state index contributed by atoms with van der Waals surface area (Å²) in [6.45, 7) is 9.02. The van der Waals surface area contributed by atoms with Gasteiger partial charge in [0.2, 0.25) is 5.91 Å². The Labute approximate surface area is 162 Å². The lowest BCUT2D eigenvalue weighted by Crippen LogP contribution is -2.56. The highest BCUT2D eigenvalue weighted by Crippen LogP contribution is 2.22. The first kappa shape index (κ1) is 23.0. The highest BCUT2D eigenvalue weighted by Gasteiger charge is 2.36. The van der Waals surface area contributed by atoms with E-state index in [1.54, 1.807) is 26.2 Å². The molecule has 0 spiro atoms. The molecule has 0 saturated carbocycles. The molecule has 0 bridgehead atoms. The van der Waals surface area contributed by atoms with E-state index >= 15 is 0 Å². The summed E-state index contributed by atoms with van der Waals surface area (Å²) in [4.78, 5) is 40.7. The monoisotopic (exact) mass is 400 g/mol. The molecule has 4 N–H and O–H groups in total. The van der Waals surface area contributed by atoms with Gasteiger partial charge in [-0.15, -0.1) is 16.4 Å². The number of urea groups is 1. The van der Waals surface area contributed by atoms with Gasteiger partial charge in [0.25, 0.3) is 5.91 Å². The number of aliphatic hydroxyl groups is 1. The number of hydroxylamine groups is 2. The molecular weight excluding hydrogens is 372 g/mol. The van der Waals surface area contributed by atoms with Gasteiger partial charge in [0.1, 0.15) is 12.1 Å². The predicted molar refractivity (Wildman–Crippen MR) is 101 cm³/mol. The molecule has 0 aliphatic heterocycles. The number of aromatic nitrogens is 1. The summed E-state index contributed by atoms with van der Waals surface area (Å²) < 4.78 is 0. The lowest BCUT2D eigenvalue weighted by Gasteiger charge is -2.31.